The fourth-order valence-electron chi connectivity index (χ4n) is 1.82. The summed E-state index contributed by atoms with van der Waals surface area (Å²) in [7, 11) is 0. The Hall–Kier alpha value is 0.01000. The summed E-state index contributed by atoms with van der Waals surface area (Å²) in [5.74, 6) is 1.22. The maximum atomic E-state index is 3.53. The zero-order valence-electron chi connectivity index (χ0n) is 8.22. The summed E-state index contributed by atoms with van der Waals surface area (Å²) in [5, 5.41) is 3.53. The highest BCUT2D eigenvalue weighted by Crippen LogP contribution is 2.37. The zero-order chi connectivity index (χ0) is 9.97. The standard InChI is InChI=1S/C11H14BrNS/c1-2-13-10-5-6-14-11-7-8(12)3-4-9(10)11/h3-4,7,10,13H,2,5-6H2,1H3. The van der Waals surface area contributed by atoms with Gasteiger partial charge in [0.1, 0.15) is 0 Å². The van der Waals surface area contributed by atoms with E-state index in [-0.39, 0.29) is 0 Å². The van der Waals surface area contributed by atoms with Gasteiger partial charge in [-0.05, 0) is 36.4 Å². The van der Waals surface area contributed by atoms with Crippen molar-refractivity contribution in [2.45, 2.75) is 24.3 Å². The van der Waals surface area contributed by atoms with Crippen LogP contribution in [0.1, 0.15) is 24.9 Å². The Bertz CT molecular complexity index is 327. The number of hydrogen-bond acceptors (Lipinski definition) is 2. The van der Waals surface area contributed by atoms with E-state index >= 15 is 0 Å². The van der Waals surface area contributed by atoms with E-state index in [1.807, 2.05) is 11.8 Å². The van der Waals surface area contributed by atoms with Crippen molar-refractivity contribution in [3.63, 3.8) is 0 Å². The Morgan fingerprint density at radius 2 is 2.43 bits per heavy atom. The van der Waals surface area contributed by atoms with Gasteiger partial charge in [0.2, 0.25) is 0 Å². The highest BCUT2D eigenvalue weighted by atomic mass is 79.9. The molecular weight excluding hydrogens is 258 g/mol. The minimum Gasteiger partial charge on any atom is -0.310 e. The Morgan fingerprint density at radius 3 is 3.21 bits per heavy atom. The molecule has 1 aliphatic rings. The van der Waals surface area contributed by atoms with Gasteiger partial charge in [0.05, 0.1) is 0 Å². The van der Waals surface area contributed by atoms with Crippen LogP contribution in [0.3, 0.4) is 0 Å². The third kappa shape index (κ3) is 2.15. The van der Waals surface area contributed by atoms with Gasteiger partial charge in [0, 0.05) is 15.4 Å². The van der Waals surface area contributed by atoms with Crippen molar-refractivity contribution in [1.29, 1.82) is 0 Å². The molecule has 76 valence electrons. The lowest BCUT2D eigenvalue weighted by Crippen LogP contribution is -2.24. The topological polar surface area (TPSA) is 12.0 Å². The molecule has 1 aliphatic heterocycles. The molecule has 0 saturated carbocycles. The van der Waals surface area contributed by atoms with Gasteiger partial charge < -0.3 is 5.32 Å². The second-order valence-electron chi connectivity index (χ2n) is 3.43. The molecule has 1 aromatic rings. The molecule has 0 radical (unpaired) electrons. The number of halogens is 1. The summed E-state index contributed by atoms with van der Waals surface area (Å²) in [6.45, 7) is 3.21. The van der Waals surface area contributed by atoms with Crippen LogP contribution in [-0.4, -0.2) is 12.3 Å². The van der Waals surface area contributed by atoms with E-state index in [2.05, 4.69) is 46.4 Å². The largest absolute Gasteiger partial charge is 0.310 e. The van der Waals surface area contributed by atoms with Crippen molar-refractivity contribution in [1.82, 2.24) is 5.32 Å². The molecule has 0 bridgehead atoms. The van der Waals surface area contributed by atoms with Gasteiger partial charge in [-0.15, -0.1) is 11.8 Å². The molecule has 1 unspecified atom stereocenters. The van der Waals surface area contributed by atoms with E-state index in [0.717, 1.165) is 6.54 Å². The summed E-state index contributed by atoms with van der Waals surface area (Å²) < 4.78 is 1.18. The van der Waals surface area contributed by atoms with Crippen LogP contribution in [0.4, 0.5) is 0 Å². The van der Waals surface area contributed by atoms with E-state index in [1.54, 1.807) is 0 Å². The monoisotopic (exact) mass is 271 g/mol. The molecular formula is C11H14BrNS. The van der Waals surface area contributed by atoms with Crippen molar-refractivity contribution in [2.75, 3.05) is 12.3 Å². The minimum absolute atomic E-state index is 0.560. The minimum atomic E-state index is 0.560. The molecule has 1 atom stereocenters. The molecule has 0 amide bonds. The molecule has 0 aliphatic carbocycles. The van der Waals surface area contributed by atoms with Gasteiger partial charge in [-0.25, -0.2) is 0 Å². The highest BCUT2D eigenvalue weighted by molar-refractivity contribution is 9.10. The number of rotatable bonds is 2. The van der Waals surface area contributed by atoms with Crippen molar-refractivity contribution in [3.8, 4) is 0 Å². The first-order chi connectivity index (χ1) is 6.81. The molecule has 1 heterocycles. The van der Waals surface area contributed by atoms with Crippen molar-refractivity contribution in [2.24, 2.45) is 0 Å². The second-order valence-corrected chi connectivity index (χ2v) is 5.48. The summed E-state index contributed by atoms with van der Waals surface area (Å²) >= 11 is 5.48. The summed E-state index contributed by atoms with van der Waals surface area (Å²) in [6.07, 6.45) is 1.24. The van der Waals surface area contributed by atoms with Crippen molar-refractivity contribution < 1.29 is 0 Å². The number of hydrogen-bond donors (Lipinski definition) is 1. The molecule has 0 fully saturated rings. The number of thioether (sulfide) groups is 1. The van der Waals surface area contributed by atoms with Gasteiger partial charge >= 0.3 is 0 Å². The lowest BCUT2D eigenvalue weighted by Gasteiger charge is -2.25. The van der Waals surface area contributed by atoms with E-state index in [9.17, 15) is 0 Å². The lowest BCUT2D eigenvalue weighted by molar-refractivity contribution is 0.527. The summed E-state index contributed by atoms with van der Waals surface area (Å²) in [6, 6.07) is 7.15. The first kappa shape index (κ1) is 10.5. The Labute approximate surface area is 97.8 Å². The number of fused-ring (bicyclic) bond motifs is 1. The van der Waals surface area contributed by atoms with E-state index in [4.69, 9.17) is 0 Å². The Kier molecular flexibility index (Phi) is 3.52. The molecule has 0 spiro atoms. The molecule has 2 rings (SSSR count). The van der Waals surface area contributed by atoms with Gasteiger partial charge in [-0.1, -0.05) is 28.9 Å². The molecule has 1 nitrogen and oxygen atoms in total. The summed E-state index contributed by atoms with van der Waals surface area (Å²) in [4.78, 5) is 1.43. The number of benzene rings is 1. The van der Waals surface area contributed by atoms with Crippen LogP contribution in [0.25, 0.3) is 0 Å². The van der Waals surface area contributed by atoms with Gasteiger partial charge in [-0.2, -0.15) is 0 Å². The van der Waals surface area contributed by atoms with Crippen LogP contribution >= 0.6 is 27.7 Å². The van der Waals surface area contributed by atoms with Gasteiger partial charge in [0.15, 0.2) is 0 Å². The van der Waals surface area contributed by atoms with E-state index in [1.165, 1.54) is 27.1 Å². The lowest BCUT2D eigenvalue weighted by atomic mass is 10.0. The predicted molar refractivity (Wildman–Crippen MR) is 65.9 cm³/mol. The third-order valence-electron chi connectivity index (χ3n) is 2.47. The van der Waals surface area contributed by atoms with Gasteiger partial charge in [-0.3, -0.25) is 0 Å². The maximum absolute atomic E-state index is 3.53. The van der Waals surface area contributed by atoms with Crippen molar-refractivity contribution in [3.05, 3.63) is 28.2 Å². The predicted octanol–water partition coefficient (Wildman–Crippen LogP) is 3.60. The van der Waals surface area contributed by atoms with Crippen LogP contribution in [0.2, 0.25) is 0 Å². The average Bonchev–Trinajstić information content (AvgIpc) is 2.18. The molecule has 0 saturated heterocycles. The summed E-state index contributed by atoms with van der Waals surface area (Å²) in [5.41, 5.74) is 1.46. The Balaban J connectivity index is 2.30. The van der Waals surface area contributed by atoms with Gasteiger partial charge in [0.25, 0.3) is 0 Å². The molecule has 0 aromatic heterocycles. The SMILES string of the molecule is CCNC1CCSc2cc(Br)ccc21. The van der Waals surface area contributed by atoms with Crippen LogP contribution in [0.5, 0.6) is 0 Å². The fourth-order valence-corrected chi connectivity index (χ4v) is 3.50. The van der Waals surface area contributed by atoms with Crippen LogP contribution < -0.4 is 5.32 Å². The quantitative estimate of drug-likeness (QED) is 0.883. The molecule has 3 heteroatoms. The first-order valence-corrected chi connectivity index (χ1v) is 6.74. The third-order valence-corrected chi connectivity index (χ3v) is 4.06. The smallest absolute Gasteiger partial charge is 0.0339 e. The highest BCUT2D eigenvalue weighted by Gasteiger charge is 2.19. The molecule has 14 heavy (non-hydrogen) atoms. The van der Waals surface area contributed by atoms with E-state index in [0.29, 0.717) is 6.04 Å². The fraction of sp³-hybridized carbons (Fsp3) is 0.455. The van der Waals surface area contributed by atoms with Crippen molar-refractivity contribution >= 4 is 27.7 Å². The van der Waals surface area contributed by atoms with E-state index < -0.39 is 0 Å². The molecule has 1 aromatic carbocycles. The van der Waals surface area contributed by atoms with Crippen LogP contribution in [-0.2, 0) is 0 Å². The normalized spacial score (nSPS) is 20.6. The van der Waals surface area contributed by atoms with Crippen LogP contribution in [0.15, 0.2) is 27.6 Å². The Morgan fingerprint density at radius 1 is 1.57 bits per heavy atom. The average molecular weight is 272 g/mol. The maximum Gasteiger partial charge on any atom is 0.0339 e. The first-order valence-electron chi connectivity index (χ1n) is 4.97. The zero-order valence-corrected chi connectivity index (χ0v) is 10.6. The molecule has 1 N–H and O–H groups in total. The van der Waals surface area contributed by atoms with Crippen LogP contribution in [0, 0.1) is 0 Å². The number of nitrogens with one attached hydrogen (secondary N) is 1. The second kappa shape index (κ2) is 4.69.